The second-order valence-electron chi connectivity index (χ2n) is 3.93. The first-order valence-corrected chi connectivity index (χ1v) is 5.49. The van der Waals surface area contributed by atoms with Gasteiger partial charge < -0.3 is 11.1 Å². The smallest absolute Gasteiger partial charge is 0.125 e. The van der Waals surface area contributed by atoms with Gasteiger partial charge in [-0.15, -0.1) is 0 Å². The van der Waals surface area contributed by atoms with Crippen molar-refractivity contribution in [3.63, 3.8) is 0 Å². The Kier molecular flexibility index (Phi) is 3.24. The molecule has 0 spiro atoms. The zero-order chi connectivity index (χ0) is 10.8. The molecule has 1 saturated carbocycles. The number of rotatable bonds is 4. The van der Waals surface area contributed by atoms with Gasteiger partial charge in [-0.1, -0.05) is 11.6 Å². The van der Waals surface area contributed by atoms with Gasteiger partial charge in [0.25, 0.3) is 0 Å². The molecular weight excluding hydrogens is 215 g/mol. The number of halogens is 2. The highest BCUT2D eigenvalue weighted by atomic mass is 35.5. The van der Waals surface area contributed by atoms with Gasteiger partial charge in [0, 0.05) is 23.7 Å². The van der Waals surface area contributed by atoms with Crippen LogP contribution in [-0.2, 0) is 0 Å². The van der Waals surface area contributed by atoms with E-state index in [4.69, 9.17) is 17.3 Å². The molecule has 1 aliphatic rings. The maximum Gasteiger partial charge on any atom is 0.125 e. The molecule has 1 atom stereocenters. The normalized spacial score (nSPS) is 17.8. The third-order valence-corrected chi connectivity index (χ3v) is 2.76. The van der Waals surface area contributed by atoms with Gasteiger partial charge >= 0.3 is 0 Å². The lowest BCUT2D eigenvalue weighted by molar-refractivity contribution is 0.533. The maximum absolute atomic E-state index is 13.1. The van der Waals surface area contributed by atoms with Crippen molar-refractivity contribution in [2.24, 2.45) is 5.73 Å². The fourth-order valence-electron chi connectivity index (χ4n) is 1.61. The molecule has 1 aliphatic carbocycles. The van der Waals surface area contributed by atoms with Crippen LogP contribution >= 0.6 is 11.6 Å². The van der Waals surface area contributed by atoms with E-state index >= 15 is 0 Å². The summed E-state index contributed by atoms with van der Waals surface area (Å²) in [5.74, 6) is -0.312. The highest BCUT2D eigenvalue weighted by molar-refractivity contribution is 6.30. The van der Waals surface area contributed by atoms with Gasteiger partial charge in [-0.05, 0) is 36.6 Å². The Hall–Kier alpha value is -0.640. The molecule has 2 rings (SSSR count). The Morgan fingerprint density at radius 3 is 2.73 bits per heavy atom. The largest absolute Gasteiger partial charge is 0.329 e. The lowest BCUT2D eigenvalue weighted by Gasteiger charge is -2.17. The van der Waals surface area contributed by atoms with Gasteiger partial charge in [-0.25, -0.2) is 4.39 Å². The van der Waals surface area contributed by atoms with Crippen molar-refractivity contribution in [2.75, 3.05) is 6.54 Å². The summed E-state index contributed by atoms with van der Waals surface area (Å²) in [6.07, 6.45) is 2.36. The number of nitrogens with two attached hydrogens (primary N) is 1. The molecule has 1 aromatic rings. The highest BCUT2D eigenvalue weighted by Gasteiger charge is 2.24. The first-order chi connectivity index (χ1) is 7.19. The molecule has 2 nitrogen and oxygen atoms in total. The number of hydrogen-bond acceptors (Lipinski definition) is 2. The van der Waals surface area contributed by atoms with Gasteiger partial charge in [0.05, 0.1) is 0 Å². The quantitative estimate of drug-likeness (QED) is 0.830. The summed E-state index contributed by atoms with van der Waals surface area (Å²) < 4.78 is 13.1. The topological polar surface area (TPSA) is 38.0 Å². The first-order valence-electron chi connectivity index (χ1n) is 5.11. The fourth-order valence-corrected chi connectivity index (χ4v) is 1.84. The van der Waals surface area contributed by atoms with Gasteiger partial charge in [0.2, 0.25) is 0 Å². The summed E-state index contributed by atoms with van der Waals surface area (Å²) in [5, 5.41) is 3.78. The van der Waals surface area contributed by atoms with E-state index in [9.17, 15) is 4.39 Å². The SMILES string of the molecule is NCC(NC1CC1)c1cc(F)cc(Cl)c1. The molecule has 1 fully saturated rings. The van der Waals surface area contributed by atoms with Crippen molar-refractivity contribution in [3.05, 3.63) is 34.6 Å². The summed E-state index contributed by atoms with van der Waals surface area (Å²) in [7, 11) is 0. The average Bonchev–Trinajstić information content (AvgIpc) is 2.96. The van der Waals surface area contributed by atoms with Gasteiger partial charge in [-0.2, -0.15) is 0 Å². The Balaban J connectivity index is 2.16. The summed E-state index contributed by atoms with van der Waals surface area (Å²) in [6, 6.07) is 5.10. The van der Waals surface area contributed by atoms with Crippen molar-refractivity contribution in [1.82, 2.24) is 5.32 Å². The van der Waals surface area contributed by atoms with Crippen LogP contribution in [0.15, 0.2) is 18.2 Å². The molecule has 4 heteroatoms. The second kappa shape index (κ2) is 4.47. The minimum absolute atomic E-state index is 0.00528. The summed E-state index contributed by atoms with van der Waals surface area (Å²) in [5.41, 5.74) is 6.48. The third kappa shape index (κ3) is 2.91. The molecule has 82 valence electrons. The maximum atomic E-state index is 13.1. The van der Waals surface area contributed by atoms with Gasteiger partial charge in [-0.3, -0.25) is 0 Å². The van der Waals surface area contributed by atoms with Crippen LogP contribution in [-0.4, -0.2) is 12.6 Å². The highest BCUT2D eigenvalue weighted by Crippen LogP contribution is 2.25. The van der Waals surface area contributed by atoms with Crippen LogP contribution < -0.4 is 11.1 Å². The van der Waals surface area contributed by atoms with Crippen LogP contribution in [0.3, 0.4) is 0 Å². The molecule has 0 bridgehead atoms. The molecular formula is C11H14ClFN2. The van der Waals surface area contributed by atoms with E-state index in [0.717, 1.165) is 5.56 Å². The average molecular weight is 229 g/mol. The van der Waals surface area contributed by atoms with E-state index in [1.165, 1.54) is 25.0 Å². The first kappa shape index (κ1) is 10.9. The van der Waals surface area contributed by atoms with Crippen LogP contribution in [0.5, 0.6) is 0 Å². The molecule has 0 aliphatic heterocycles. The Morgan fingerprint density at radius 2 is 2.20 bits per heavy atom. The minimum atomic E-state index is -0.312. The standard InChI is InChI=1S/C11H14ClFN2/c12-8-3-7(4-9(13)5-8)11(6-14)15-10-1-2-10/h3-5,10-11,15H,1-2,6,14H2. The van der Waals surface area contributed by atoms with Gasteiger partial charge in [0.1, 0.15) is 5.82 Å². The van der Waals surface area contributed by atoms with Crippen LogP contribution in [0.25, 0.3) is 0 Å². The van der Waals surface area contributed by atoms with Crippen molar-refractivity contribution < 1.29 is 4.39 Å². The molecule has 1 aromatic carbocycles. The molecule has 15 heavy (non-hydrogen) atoms. The minimum Gasteiger partial charge on any atom is -0.329 e. The summed E-state index contributed by atoms with van der Waals surface area (Å²) in [6.45, 7) is 0.455. The third-order valence-electron chi connectivity index (χ3n) is 2.54. The monoisotopic (exact) mass is 228 g/mol. The summed E-state index contributed by atoms with van der Waals surface area (Å²) in [4.78, 5) is 0. The van der Waals surface area contributed by atoms with Crippen molar-refractivity contribution in [1.29, 1.82) is 0 Å². The number of benzene rings is 1. The van der Waals surface area contributed by atoms with E-state index < -0.39 is 0 Å². The van der Waals surface area contributed by atoms with E-state index in [0.29, 0.717) is 17.6 Å². The van der Waals surface area contributed by atoms with Gasteiger partial charge in [0.15, 0.2) is 0 Å². The van der Waals surface area contributed by atoms with E-state index in [1.54, 1.807) is 6.07 Å². The molecule has 1 unspecified atom stereocenters. The molecule has 0 saturated heterocycles. The zero-order valence-corrected chi connectivity index (χ0v) is 9.10. The van der Waals surface area contributed by atoms with Crippen LogP contribution in [0, 0.1) is 5.82 Å². The van der Waals surface area contributed by atoms with E-state index in [-0.39, 0.29) is 11.9 Å². The molecule has 0 aromatic heterocycles. The summed E-state index contributed by atoms with van der Waals surface area (Å²) >= 11 is 5.79. The van der Waals surface area contributed by atoms with Crippen LogP contribution in [0.2, 0.25) is 5.02 Å². The molecule has 0 radical (unpaired) electrons. The zero-order valence-electron chi connectivity index (χ0n) is 8.34. The van der Waals surface area contributed by atoms with Crippen molar-refractivity contribution in [2.45, 2.75) is 24.9 Å². The molecule has 0 amide bonds. The number of hydrogen-bond donors (Lipinski definition) is 2. The molecule has 3 N–H and O–H groups in total. The van der Waals surface area contributed by atoms with Crippen LogP contribution in [0.1, 0.15) is 24.4 Å². The Bertz CT molecular complexity index is 332. The predicted molar refractivity (Wildman–Crippen MR) is 59.4 cm³/mol. The van der Waals surface area contributed by atoms with E-state index in [2.05, 4.69) is 5.32 Å². The lowest BCUT2D eigenvalue weighted by atomic mass is 10.1. The Morgan fingerprint density at radius 1 is 1.47 bits per heavy atom. The fraction of sp³-hybridized carbons (Fsp3) is 0.455. The lowest BCUT2D eigenvalue weighted by Crippen LogP contribution is -2.29. The predicted octanol–water partition coefficient (Wildman–Crippen LogP) is 2.23. The number of nitrogens with one attached hydrogen (secondary N) is 1. The van der Waals surface area contributed by atoms with Crippen molar-refractivity contribution >= 4 is 11.6 Å². The van der Waals surface area contributed by atoms with Crippen LogP contribution in [0.4, 0.5) is 4.39 Å². The Labute approximate surface area is 93.6 Å². The second-order valence-corrected chi connectivity index (χ2v) is 4.37. The van der Waals surface area contributed by atoms with E-state index in [1.807, 2.05) is 0 Å². The molecule has 0 heterocycles. The van der Waals surface area contributed by atoms with Crippen molar-refractivity contribution in [3.8, 4) is 0 Å².